The zero-order chi connectivity index (χ0) is 35.0. The molecule has 1 aromatic heterocycles. The van der Waals surface area contributed by atoms with Gasteiger partial charge in [-0.05, 0) is 59.7 Å². The minimum atomic E-state index is -4.29. The van der Waals surface area contributed by atoms with Gasteiger partial charge in [-0.25, -0.2) is 13.4 Å². The molecule has 0 amide bonds. The van der Waals surface area contributed by atoms with Crippen molar-refractivity contribution >= 4 is 43.9 Å². The smallest absolute Gasteiger partial charge is 0.326 e. The molecular formula is C31H32N3O12S2-. The van der Waals surface area contributed by atoms with E-state index < -0.39 is 39.5 Å². The van der Waals surface area contributed by atoms with Crippen LogP contribution in [0.4, 0.5) is 0 Å². The number of rotatable bonds is 15. The highest BCUT2D eigenvalue weighted by Crippen LogP contribution is 2.31. The van der Waals surface area contributed by atoms with Crippen molar-refractivity contribution in [2.24, 2.45) is 0 Å². The first-order valence-corrected chi connectivity index (χ1v) is 17.0. The highest BCUT2D eigenvalue weighted by atomic mass is 32.2. The Morgan fingerprint density at radius 2 is 1.69 bits per heavy atom. The number of hydrogen-bond donors (Lipinski definition) is 2. The van der Waals surface area contributed by atoms with E-state index in [-0.39, 0.29) is 41.4 Å². The van der Waals surface area contributed by atoms with Crippen LogP contribution in [-0.2, 0) is 46.0 Å². The van der Waals surface area contributed by atoms with Gasteiger partial charge in [-0.1, -0.05) is 23.2 Å². The lowest BCUT2D eigenvalue weighted by Crippen LogP contribution is -2.27. The number of H-pyrrole nitrogens is 1. The van der Waals surface area contributed by atoms with Gasteiger partial charge < -0.3 is 33.3 Å². The Morgan fingerprint density at radius 1 is 0.979 bits per heavy atom. The van der Waals surface area contributed by atoms with Crippen LogP contribution in [-0.4, -0.2) is 66.5 Å². The van der Waals surface area contributed by atoms with Crippen LogP contribution < -0.4 is 24.7 Å². The first-order chi connectivity index (χ1) is 22.8. The number of benzene rings is 3. The molecule has 0 saturated carbocycles. The Bertz CT molecular complexity index is 2010. The van der Waals surface area contributed by atoms with Gasteiger partial charge in [-0.15, -0.1) is 0 Å². The van der Waals surface area contributed by atoms with Gasteiger partial charge in [0.25, 0.3) is 15.6 Å². The monoisotopic (exact) mass is 702 g/mol. The summed E-state index contributed by atoms with van der Waals surface area (Å²) in [5.74, 6) is -0.449. The summed E-state index contributed by atoms with van der Waals surface area (Å²) in [5.41, 5.74) is 2.37. The molecule has 2 N–H and O–H groups in total. The average molecular weight is 703 g/mol. The SMILES string of the molecule is COc1cc(OC)c2c(=O)[nH]c(-c3cc(C)c(OCCOC(=O)CCC(=O)ONS(=O)(=O)c4cccc(CS(=O)[O-])c4)c(C)c3)nc2c1. The van der Waals surface area contributed by atoms with Gasteiger partial charge in [0, 0.05) is 23.4 Å². The molecule has 0 aliphatic rings. The van der Waals surface area contributed by atoms with Gasteiger partial charge in [0.2, 0.25) is 0 Å². The zero-order valence-electron chi connectivity index (χ0n) is 26.3. The summed E-state index contributed by atoms with van der Waals surface area (Å²) in [5, 5.41) is 0.294. The Hall–Kier alpha value is -4.84. The number of aromatic amines is 1. The van der Waals surface area contributed by atoms with Crippen LogP contribution in [0.1, 0.15) is 29.5 Å². The lowest BCUT2D eigenvalue weighted by atomic mass is 10.0. The molecule has 4 rings (SSSR count). The lowest BCUT2D eigenvalue weighted by Gasteiger charge is -2.15. The summed E-state index contributed by atoms with van der Waals surface area (Å²) in [7, 11) is -1.33. The highest BCUT2D eigenvalue weighted by molar-refractivity contribution is 7.89. The molecule has 48 heavy (non-hydrogen) atoms. The maximum absolute atomic E-state index is 12.9. The second kappa shape index (κ2) is 15.8. The van der Waals surface area contributed by atoms with E-state index >= 15 is 0 Å². The maximum Gasteiger partial charge on any atom is 0.326 e. The summed E-state index contributed by atoms with van der Waals surface area (Å²) in [4.78, 5) is 50.4. The van der Waals surface area contributed by atoms with Crippen molar-refractivity contribution in [1.29, 1.82) is 0 Å². The van der Waals surface area contributed by atoms with Crippen molar-refractivity contribution in [1.82, 2.24) is 14.9 Å². The Balaban J connectivity index is 1.27. The van der Waals surface area contributed by atoms with E-state index in [0.717, 1.165) is 17.2 Å². The molecule has 0 saturated heterocycles. The average Bonchev–Trinajstić information content (AvgIpc) is 3.04. The van der Waals surface area contributed by atoms with Crippen LogP contribution >= 0.6 is 0 Å². The Morgan fingerprint density at radius 3 is 2.35 bits per heavy atom. The van der Waals surface area contributed by atoms with E-state index in [9.17, 15) is 31.6 Å². The zero-order valence-corrected chi connectivity index (χ0v) is 28.0. The number of ether oxygens (including phenoxy) is 4. The Labute approximate surface area is 277 Å². The molecule has 17 heteroatoms. The van der Waals surface area contributed by atoms with Crippen LogP contribution in [0.25, 0.3) is 22.3 Å². The predicted octanol–water partition coefficient (Wildman–Crippen LogP) is 2.74. The van der Waals surface area contributed by atoms with Crippen LogP contribution in [0.2, 0.25) is 0 Å². The first kappa shape index (κ1) is 36.0. The van der Waals surface area contributed by atoms with Gasteiger partial charge in [-0.2, -0.15) is 0 Å². The van der Waals surface area contributed by atoms with Gasteiger partial charge in [0.05, 0.1) is 37.5 Å². The summed E-state index contributed by atoms with van der Waals surface area (Å²) in [6.45, 7) is 3.50. The number of fused-ring (bicyclic) bond motifs is 1. The van der Waals surface area contributed by atoms with Crippen molar-refractivity contribution in [3.05, 3.63) is 75.6 Å². The fourth-order valence-electron chi connectivity index (χ4n) is 4.66. The van der Waals surface area contributed by atoms with Crippen LogP contribution in [0.5, 0.6) is 17.2 Å². The fourth-order valence-corrected chi connectivity index (χ4v) is 5.97. The van der Waals surface area contributed by atoms with Gasteiger partial charge in [-0.3, -0.25) is 18.6 Å². The van der Waals surface area contributed by atoms with E-state index in [1.165, 1.54) is 32.4 Å². The predicted molar refractivity (Wildman–Crippen MR) is 172 cm³/mol. The minimum absolute atomic E-state index is 0.000650. The third-order valence-electron chi connectivity index (χ3n) is 6.82. The number of sulfonamides is 1. The van der Waals surface area contributed by atoms with Crippen LogP contribution in [0.3, 0.4) is 0 Å². The molecule has 3 aromatic carbocycles. The van der Waals surface area contributed by atoms with Gasteiger partial charge in [0.1, 0.15) is 41.7 Å². The second-order valence-corrected chi connectivity index (χ2v) is 12.8. The van der Waals surface area contributed by atoms with Crippen LogP contribution in [0, 0.1) is 13.8 Å². The summed E-state index contributed by atoms with van der Waals surface area (Å²) >= 11 is -2.42. The van der Waals surface area contributed by atoms with Crippen molar-refractivity contribution in [3.8, 4) is 28.6 Å². The molecule has 0 aliphatic carbocycles. The van der Waals surface area contributed by atoms with E-state index in [1.807, 2.05) is 13.8 Å². The van der Waals surface area contributed by atoms with Crippen LogP contribution in [0.15, 0.2) is 58.2 Å². The van der Waals surface area contributed by atoms with Crippen molar-refractivity contribution < 1.29 is 50.6 Å². The standard InChI is InChI=1S/C31H33N3O12S2/c1-18-12-21(30-32-24-15-22(42-3)16-25(43-4)28(24)31(37)33-30)13-19(2)29(18)45-11-10-44-26(35)8-9-27(36)46-34-48(40,41)23-7-5-6-20(14-23)17-47(38)39/h5-7,12-16,34H,8-11,17H2,1-4H3,(H,38,39)(H,32,33,37)/p-1. The number of methoxy groups -OCH3 is 2. The number of aromatic nitrogens is 2. The van der Waals surface area contributed by atoms with Gasteiger partial charge in [0.15, 0.2) is 0 Å². The summed E-state index contributed by atoms with van der Waals surface area (Å²) < 4.78 is 68.1. The number of hydrogen-bond acceptors (Lipinski definition) is 13. The molecule has 256 valence electrons. The maximum atomic E-state index is 12.9. The molecule has 0 radical (unpaired) electrons. The first-order valence-electron chi connectivity index (χ1n) is 14.2. The molecular weight excluding hydrogens is 670 g/mol. The van der Waals surface area contributed by atoms with Crippen molar-refractivity contribution in [3.63, 3.8) is 0 Å². The Kier molecular flexibility index (Phi) is 11.9. The van der Waals surface area contributed by atoms with E-state index in [4.69, 9.17) is 18.9 Å². The molecule has 4 aromatic rings. The third kappa shape index (κ3) is 9.15. The molecule has 0 spiro atoms. The van der Waals surface area contributed by atoms with E-state index in [1.54, 1.807) is 29.2 Å². The number of nitrogens with zero attached hydrogens (tertiary/aromatic N) is 1. The molecule has 15 nitrogen and oxygen atoms in total. The number of carbonyl (C=O) groups excluding carboxylic acids is 2. The third-order valence-corrected chi connectivity index (χ3v) is 8.57. The lowest BCUT2D eigenvalue weighted by molar-refractivity contribution is -0.152. The second-order valence-electron chi connectivity index (χ2n) is 10.3. The largest absolute Gasteiger partial charge is 0.772 e. The number of carbonyl (C=O) groups is 2. The van der Waals surface area contributed by atoms with Gasteiger partial charge >= 0.3 is 11.9 Å². The fraction of sp³-hybridized carbons (Fsp3) is 0.290. The minimum Gasteiger partial charge on any atom is -0.772 e. The molecule has 1 unspecified atom stereocenters. The molecule has 1 atom stereocenters. The van der Waals surface area contributed by atoms with E-state index in [2.05, 4.69) is 14.8 Å². The molecule has 0 fully saturated rings. The van der Waals surface area contributed by atoms with Crippen molar-refractivity contribution in [2.45, 2.75) is 37.3 Å². The summed E-state index contributed by atoms with van der Waals surface area (Å²) in [6.07, 6.45) is -0.853. The molecule has 0 aliphatic heterocycles. The quantitative estimate of drug-likeness (QED) is 0.0790. The van der Waals surface area contributed by atoms with E-state index in [0.29, 0.717) is 39.5 Å². The number of nitrogens with one attached hydrogen (secondary N) is 2. The topological polar surface area (TPSA) is 212 Å². The molecule has 0 bridgehead atoms. The normalized spacial score (nSPS) is 11.9. The molecule has 1 heterocycles. The number of esters is 1. The number of aryl methyl sites for hydroxylation is 2. The summed E-state index contributed by atoms with van der Waals surface area (Å²) in [6, 6.07) is 11.9. The highest BCUT2D eigenvalue weighted by Gasteiger charge is 2.19. The van der Waals surface area contributed by atoms with Crippen molar-refractivity contribution in [2.75, 3.05) is 27.4 Å².